The van der Waals surface area contributed by atoms with Crippen molar-refractivity contribution < 1.29 is 9.13 Å². The number of benzene rings is 1. The average Bonchev–Trinajstić information content (AvgIpc) is 3.05. The fourth-order valence-electron chi connectivity index (χ4n) is 2.21. The molecule has 0 saturated heterocycles. The predicted octanol–water partition coefficient (Wildman–Crippen LogP) is 3.72. The molecule has 3 heterocycles. The van der Waals surface area contributed by atoms with Gasteiger partial charge in [0.05, 0.1) is 5.52 Å². The van der Waals surface area contributed by atoms with Crippen molar-refractivity contribution in [3.8, 4) is 22.9 Å². The molecule has 23 heavy (non-hydrogen) atoms. The summed E-state index contributed by atoms with van der Waals surface area (Å²) in [4.78, 5) is 8.37. The normalized spacial score (nSPS) is 10.8. The van der Waals surface area contributed by atoms with Crippen LogP contribution in [0.2, 0.25) is 0 Å². The molecule has 0 bridgehead atoms. The first-order valence-electron chi connectivity index (χ1n) is 6.97. The van der Waals surface area contributed by atoms with Gasteiger partial charge >= 0.3 is 6.01 Å². The van der Waals surface area contributed by atoms with Gasteiger partial charge in [-0.2, -0.15) is 5.10 Å². The Kier molecular flexibility index (Phi) is 3.20. The van der Waals surface area contributed by atoms with Gasteiger partial charge in [0.1, 0.15) is 11.6 Å². The van der Waals surface area contributed by atoms with Crippen LogP contribution in [0.5, 0.6) is 11.8 Å². The van der Waals surface area contributed by atoms with Crippen LogP contribution in [0.3, 0.4) is 0 Å². The molecule has 112 valence electrons. The maximum atomic E-state index is 12.9. The number of hydrogen-bond acceptors (Lipinski definition) is 4. The van der Waals surface area contributed by atoms with Gasteiger partial charge < -0.3 is 4.74 Å². The number of hydrogen-bond donors (Lipinski definition) is 0. The molecule has 0 aliphatic heterocycles. The van der Waals surface area contributed by atoms with Crippen molar-refractivity contribution in [2.75, 3.05) is 0 Å². The Morgan fingerprint density at radius 1 is 0.870 bits per heavy atom. The third-order valence-electron chi connectivity index (χ3n) is 3.38. The molecule has 3 aromatic heterocycles. The molecule has 6 heteroatoms. The van der Waals surface area contributed by atoms with Gasteiger partial charge in [-0.3, -0.25) is 0 Å². The zero-order valence-corrected chi connectivity index (χ0v) is 11.9. The number of halogens is 1. The van der Waals surface area contributed by atoms with Crippen molar-refractivity contribution in [1.29, 1.82) is 0 Å². The van der Waals surface area contributed by atoms with E-state index in [4.69, 9.17) is 4.74 Å². The molecule has 0 spiro atoms. The third-order valence-corrected chi connectivity index (χ3v) is 3.38. The standard InChI is InChI=1S/C17H11FN4O/c18-14-2-5-16(6-3-14)23-17-19-9-13(10-20-17)12-1-4-15-7-8-21-22(15)11-12/h1-11H. The van der Waals surface area contributed by atoms with Crippen molar-refractivity contribution in [2.24, 2.45) is 0 Å². The van der Waals surface area contributed by atoms with Crippen molar-refractivity contribution in [2.45, 2.75) is 0 Å². The van der Waals surface area contributed by atoms with Crippen LogP contribution in [0, 0.1) is 5.82 Å². The summed E-state index contributed by atoms with van der Waals surface area (Å²) >= 11 is 0. The summed E-state index contributed by atoms with van der Waals surface area (Å²) in [6.45, 7) is 0. The molecule has 5 nitrogen and oxygen atoms in total. The highest BCUT2D eigenvalue weighted by molar-refractivity contribution is 5.63. The SMILES string of the molecule is Fc1ccc(Oc2ncc(-c3ccc4ccnn4c3)cn2)cc1. The van der Waals surface area contributed by atoms with Crippen molar-refractivity contribution >= 4 is 5.52 Å². The highest BCUT2D eigenvalue weighted by Gasteiger charge is 2.04. The van der Waals surface area contributed by atoms with Crippen molar-refractivity contribution in [3.63, 3.8) is 0 Å². The zero-order chi connectivity index (χ0) is 15.6. The Labute approximate surface area is 131 Å². The highest BCUT2D eigenvalue weighted by atomic mass is 19.1. The molecule has 0 fully saturated rings. The van der Waals surface area contributed by atoms with Gasteiger partial charge in [-0.1, -0.05) is 6.07 Å². The van der Waals surface area contributed by atoms with Gasteiger partial charge in [0.2, 0.25) is 0 Å². The van der Waals surface area contributed by atoms with Crippen molar-refractivity contribution in [1.82, 2.24) is 19.6 Å². The lowest BCUT2D eigenvalue weighted by atomic mass is 10.1. The lowest BCUT2D eigenvalue weighted by Crippen LogP contribution is -1.93. The predicted molar refractivity (Wildman–Crippen MR) is 82.7 cm³/mol. The molecule has 0 aliphatic rings. The van der Waals surface area contributed by atoms with Crippen LogP contribution in [-0.2, 0) is 0 Å². The number of aromatic nitrogens is 4. The Morgan fingerprint density at radius 2 is 1.65 bits per heavy atom. The first-order valence-corrected chi connectivity index (χ1v) is 6.97. The number of pyridine rings is 1. The topological polar surface area (TPSA) is 52.3 Å². The zero-order valence-electron chi connectivity index (χ0n) is 11.9. The van der Waals surface area contributed by atoms with Crippen LogP contribution >= 0.6 is 0 Å². The van der Waals surface area contributed by atoms with Gasteiger partial charge in [-0.15, -0.1) is 0 Å². The lowest BCUT2D eigenvalue weighted by Gasteiger charge is -2.05. The first-order chi connectivity index (χ1) is 11.3. The molecule has 0 N–H and O–H groups in total. The lowest BCUT2D eigenvalue weighted by molar-refractivity contribution is 0.440. The number of rotatable bonds is 3. The van der Waals surface area contributed by atoms with Crippen LogP contribution in [0.4, 0.5) is 4.39 Å². The van der Waals surface area contributed by atoms with E-state index < -0.39 is 0 Å². The van der Waals surface area contributed by atoms with Gasteiger partial charge in [0, 0.05) is 35.9 Å². The van der Waals surface area contributed by atoms with Crippen LogP contribution < -0.4 is 4.74 Å². The van der Waals surface area contributed by atoms with Gasteiger partial charge in [0.15, 0.2) is 0 Å². The second-order valence-electron chi connectivity index (χ2n) is 4.93. The third kappa shape index (κ3) is 2.74. The molecule has 0 aliphatic carbocycles. The monoisotopic (exact) mass is 306 g/mol. The smallest absolute Gasteiger partial charge is 0.321 e. The molecule has 4 rings (SSSR count). The maximum absolute atomic E-state index is 12.9. The highest BCUT2D eigenvalue weighted by Crippen LogP contribution is 2.22. The average molecular weight is 306 g/mol. The summed E-state index contributed by atoms with van der Waals surface area (Å²) in [5.41, 5.74) is 2.83. The molecular formula is C17H11FN4O. The Hall–Kier alpha value is -3.28. The van der Waals surface area contributed by atoms with E-state index in [0.717, 1.165) is 16.6 Å². The second kappa shape index (κ2) is 5.49. The molecule has 0 saturated carbocycles. The number of nitrogens with zero attached hydrogens (tertiary/aromatic N) is 4. The molecular weight excluding hydrogens is 295 g/mol. The van der Waals surface area contributed by atoms with Gasteiger partial charge in [-0.25, -0.2) is 18.9 Å². The molecule has 1 aromatic carbocycles. The molecule has 0 atom stereocenters. The van der Waals surface area contributed by atoms with E-state index in [2.05, 4.69) is 15.1 Å². The van der Waals surface area contributed by atoms with E-state index in [-0.39, 0.29) is 11.8 Å². The van der Waals surface area contributed by atoms with Crippen molar-refractivity contribution in [3.05, 3.63) is 73.1 Å². The summed E-state index contributed by atoms with van der Waals surface area (Å²) in [5, 5.41) is 4.21. The minimum Gasteiger partial charge on any atom is -0.424 e. The number of ether oxygens (including phenoxy) is 1. The van der Waals surface area contributed by atoms with Crippen LogP contribution in [-0.4, -0.2) is 19.6 Å². The maximum Gasteiger partial charge on any atom is 0.321 e. The summed E-state index contributed by atoms with van der Waals surface area (Å²) in [6.07, 6.45) is 7.01. The summed E-state index contributed by atoms with van der Waals surface area (Å²) < 4.78 is 20.1. The Morgan fingerprint density at radius 3 is 2.43 bits per heavy atom. The summed E-state index contributed by atoms with van der Waals surface area (Å²) in [6, 6.07) is 11.8. The summed E-state index contributed by atoms with van der Waals surface area (Å²) in [7, 11) is 0. The minimum absolute atomic E-state index is 0.209. The Bertz CT molecular complexity index is 948. The van der Waals surface area contributed by atoms with Crippen LogP contribution in [0.1, 0.15) is 0 Å². The van der Waals surface area contributed by atoms with Gasteiger partial charge in [0.25, 0.3) is 0 Å². The second-order valence-corrected chi connectivity index (χ2v) is 4.93. The first kappa shape index (κ1) is 13.4. The van der Waals surface area contributed by atoms with Crippen LogP contribution in [0.25, 0.3) is 16.6 Å². The van der Waals surface area contributed by atoms with Gasteiger partial charge in [-0.05, 0) is 36.4 Å². The molecule has 4 aromatic rings. The van der Waals surface area contributed by atoms with E-state index in [1.165, 1.54) is 24.3 Å². The number of fused-ring (bicyclic) bond motifs is 1. The van der Waals surface area contributed by atoms with E-state index in [0.29, 0.717) is 5.75 Å². The molecule has 0 unspecified atom stereocenters. The van der Waals surface area contributed by atoms with E-state index in [1.54, 1.807) is 23.1 Å². The van der Waals surface area contributed by atoms with E-state index >= 15 is 0 Å². The van der Waals surface area contributed by atoms with Crippen LogP contribution in [0.15, 0.2) is 67.3 Å². The fourth-order valence-corrected chi connectivity index (χ4v) is 2.21. The quantitative estimate of drug-likeness (QED) is 0.579. The molecule has 0 radical (unpaired) electrons. The van der Waals surface area contributed by atoms with E-state index in [1.807, 2.05) is 24.4 Å². The summed E-state index contributed by atoms with van der Waals surface area (Å²) in [5.74, 6) is 0.166. The largest absolute Gasteiger partial charge is 0.424 e. The molecule has 0 amide bonds. The Balaban J connectivity index is 1.58. The minimum atomic E-state index is -0.317. The van der Waals surface area contributed by atoms with E-state index in [9.17, 15) is 4.39 Å². The fraction of sp³-hybridized carbons (Fsp3) is 0.